The fraction of sp³-hybridized carbons (Fsp3) is 0.238. The molecule has 0 fully saturated rings. The molecule has 0 atom stereocenters. The number of fused-ring (bicyclic) bond motifs is 1. The molecule has 7 heteroatoms. The maximum atomic E-state index is 12.1. The molecule has 0 aliphatic carbocycles. The second-order valence-electron chi connectivity index (χ2n) is 6.98. The number of amides is 2. The van der Waals surface area contributed by atoms with Crippen LogP contribution in [0.1, 0.15) is 33.9 Å². The number of nitrogens with zero attached hydrogens (tertiary/aromatic N) is 3. The number of hydrogen-bond donors (Lipinski definition) is 2. The Morgan fingerprint density at radius 3 is 2.82 bits per heavy atom. The molecule has 4 rings (SSSR count). The number of carbonyl (C=O) groups excluding carboxylic acids is 2. The lowest BCUT2D eigenvalue weighted by Crippen LogP contribution is -2.30. The third-order valence-electron chi connectivity index (χ3n) is 4.92. The van der Waals surface area contributed by atoms with Crippen LogP contribution in [0.25, 0.3) is 11.1 Å². The molecule has 3 heterocycles. The predicted molar refractivity (Wildman–Crippen MR) is 106 cm³/mol. The zero-order valence-electron chi connectivity index (χ0n) is 15.8. The summed E-state index contributed by atoms with van der Waals surface area (Å²) < 4.78 is 0. The van der Waals surface area contributed by atoms with Gasteiger partial charge in [-0.05, 0) is 48.2 Å². The molecule has 7 nitrogen and oxygen atoms in total. The Kier molecular flexibility index (Phi) is 4.65. The van der Waals surface area contributed by atoms with Crippen molar-refractivity contribution in [3.8, 4) is 11.1 Å². The van der Waals surface area contributed by atoms with E-state index >= 15 is 0 Å². The molecule has 142 valence electrons. The Bertz CT molecular complexity index is 1060. The second-order valence-corrected chi connectivity index (χ2v) is 6.98. The summed E-state index contributed by atoms with van der Waals surface area (Å²) in [5.41, 5.74) is 5.89. The predicted octanol–water partition coefficient (Wildman–Crippen LogP) is 2.62. The summed E-state index contributed by atoms with van der Waals surface area (Å²) in [6, 6.07) is 8.11. The van der Waals surface area contributed by atoms with Gasteiger partial charge in [0.15, 0.2) is 5.82 Å². The van der Waals surface area contributed by atoms with E-state index in [1.54, 1.807) is 23.5 Å². The highest BCUT2D eigenvalue weighted by Gasteiger charge is 2.21. The maximum Gasteiger partial charge on any atom is 0.287 e. The van der Waals surface area contributed by atoms with Gasteiger partial charge in [0.05, 0.1) is 0 Å². The summed E-state index contributed by atoms with van der Waals surface area (Å²) in [4.78, 5) is 37.0. The molecule has 0 saturated carbocycles. The summed E-state index contributed by atoms with van der Waals surface area (Å²) in [5, 5.41) is 2.85. The molecular formula is C21H21N5O2. The van der Waals surface area contributed by atoms with Crippen molar-refractivity contribution in [2.24, 2.45) is 0 Å². The van der Waals surface area contributed by atoms with Gasteiger partial charge in [-0.3, -0.25) is 14.6 Å². The van der Waals surface area contributed by atoms with Crippen LogP contribution in [0, 0.1) is 6.92 Å². The number of hydrogen-bond acceptors (Lipinski definition) is 4. The van der Waals surface area contributed by atoms with Gasteiger partial charge in [0.1, 0.15) is 0 Å². The van der Waals surface area contributed by atoms with Crippen molar-refractivity contribution in [2.45, 2.75) is 26.3 Å². The van der Waals surface area contributed by atoms with Crippen molar-refractivity contribution in [1.82, 2.24) is 20.3 Å². The van der Waals surface area contributed by atoms with Gasteiger partial charge in [-0.25, -0.2) is 4.98 Å². The standard InChI is InChI=1S/C21H21N5O2/c1-13-9-23-20(25-13)21(28)24-11-14-7-17(12-22-10-14)15-3-5-18-16(8-15)4-6-19(27)26(18)2/h3,5,7-10,12H,4,6,11H2,1-2H3,(H,23,25)(H,24,28). The van der Waals surface area contributed by atoms with Crippen LogP contribution >= 0.6 is 0 Å². The number of carbonyl (C=O) groups is 2. The molecule has 1 aliphatic rings. The smallest absolute Gasteiger partial charge is 0.287 e. The summed E-state index contributed by atoms with van der Waals surface area (Å²) >= 11 is 0. The monoisotopic (exact) mass is 375 g/mol. The molecule has 28 heavy (non-hydrogen) atoms. The van der Waals surface area contributed by atoms with E-state index in [0.717, 1.165) is 40.1 Å². The van der Waals surface area contributed by atoms with E-state index in [-0.39, 0.29) is 11.8 Å². The molecular weight excluding hydrogens is 354 g/mol. The van der Waals surface area contributed by atoms with Gasteiger partial charge in [-0.2, -0.15) is 0 Å². The van der Waals surface area contributed by atoms with Crippen LogP contribution in [0.3, 0.4) is 0 Å². The van der Waals surface area contributed by atoms with Crippen molar-refractivity contribution >= 4 is 17.5 Å². The number of rotatable bonds is 4. The van der Waals surface area contributed by atoms with Crippen LogP contribution in [0.5, 0.6) is 0 Å². The number of imidazole rings is 1. The minimum absolute atomic E-state index is 0.145. The summed E-state index contributed by atoms with van der Waals surface area (Å²) in [6.07, 6.45) is 6.45. The first kappa shape index (κ1) is 17.9. The highest BCUT2D eigenvalue weighted by atomic mass is 16.2. The van der Waals surface area contributed by atoms with Crippen molar-refractivity contribution in [3.05, 3.63) is 65.5 Å². The first-order valence-electron chi connectivity index (χ1n) is 9.15. The van der Waals surface area contributed by atoms with Crippen LogP contribution in [0.2, 0.25) is 0 Å². The van der Waals surface area contributed by atoms with Gasteiger partial charge < -0.3 is 15.2 Å². The Hall–Kier alpha value is -3.48. The normalized spacial score (nSPS) is 13.4. The Labute approximate surface area is 162 Å². The van der Waals surface area contributed by atoms with E-state index in [9.17, 15) is 9.59 Å². The van der Waals surface area contributed by atoms with Crippen molar-refractivity contribution in [3.63, 3.8) is 0 Å². The van der Waals surface area contributed by atoms with Gasteiger partial charge in [0.25, 0.3) is 5.91 Å². The minimum atomic E-state index is -0.250. The largest absolute Gasteiger partial charge is 0.345 e. The van der Waals surface area contributed by atoms with Gasteiger partial charge in [-0.15, -0.1) is 0 Å². The van der Waals surface area contributed by atoms with E-state index in [0.29, 0.717) is 18.8 Å². The lowest BCUT2D eigenvalue weighted by Gasteiger charge is -2.26. The average molecular weight is 375 g/mol. The highest BCUT2D eigenvalue weighted by molar-refractivity contribution is 5.96. The van der Waals surface area contributed by atoms with E-state index in [1.165, 1.54) is 0 Å². The Balaban J connectivity index is 1.51. The molecule has 2 N–H and O–H groups in total. The number of aryl methyl sites for hydroxylation is 2. The third kappa shape index (κ3) is 3.51. The van der Waals surface area contributed by atoms with Gasteiger partial charge in [0, 0.05) is 55.5 Å². The van der Waals surface area contributed by atoms with Crippen LogP contribution in [-0.2, 0) is 17.8 Å². The topological polar surface area (TPSA) is 91.0 Å². The number of H-pyrrole nitrogens is 1. The SMILES string of the molecule is Cc1cnc(C(=O)NCc2cncc(-c3ccc4c(c3)CCC(=O)N4C)c2)[nH]1. The van der Waals surface area contributed by atoms with Crippen LogP contribution in [-0.4, -0.2) is 33.8 Å². The molecule has 2 aromatic heterocycles. The molecule has 0 bridgehead atoms. The third-order valence-corrected chi connectivity index (χ3v) is 4.92. The number of aromatic amines is 1. The Morgan fingerprint density at radius 1 is 1.18 bits per heavy atom. The van der Waals surface area contributed by atoms with Crippen molar-refractivity contribution in [2.75, 3.05) is 11.9 Å². The van der Waals surface area contributed by atoms with Gasteiger partial charge >= 0.3 is 0 Å². The molecule has 0 radical (unpaired) electrons. The molecule has 0 unspecified atom stereocenters. The van der Waals surface area contributed by atoms with E-state index in [4.69, 9.17) is 0 Å². The van der Waals surface area contributed by atoms with Crippen molar-refractivity contribution < 1.29 is 9.59 Å². The summed E-state index contributed by atoms with van der Waals surface area (Å²) in [7, 11) is 1.81. The molecule has 1 aliphatic heterocycles. The first-order chi connectivity index (χ1) is 13.5. The molecule has 1 aromatic carbocycles. The molecule has 0 saturated heterocycles. The van der Waals surface area contributed by atoms with Crippen LogP contribution in [0.4, 0.5) is 5.69 Å². The second kappa shape index (κ2) is 7.26. The molecule has 2 amide bonds. The van der Waals surface area contributed by atoms with E-state index in [1.807, 2.05) is 32.2 Å². The zero-order chi connectivity index (χ0) is 19.7. The maximum absolute atomic E-state index is 12.1. The number of benzene rings is 1. The lowest BCUT2D eigenvalue weighted by molar-refractivity contribution is -0.118. The molecule has 3 aromatic rings. The minimum Gasteiger partial charge on any atom is -0.345 e. The number of anilines is 1. The van der Waals surface area contributed by atoms with Crippen molar-refractivity contribution in [1.29, 1.82) is 0 Å². The zero-order valence-corrected chi connectivity index (χ0v) is 15.8. The first-order valence-corrected chi connectivity index (χ1v) is 9.15. The van der Waals surface area contributed by atoms with E-state index < -0.39 is 0 Å². The quantitative estimate of drug-likeness (QED) is 0.733. The van der Waals surface area contributed by atoms with E-state index in [2.05, 4.69) is 26.3 Å². The number of aromatic nitrogens is 3. The number of nitrogens with one attached hydrogen (secondary N) is 2. The van der Waals surface area contributed by atoms with Crippen LogP contribution < -0.4 is 10.2 Å². The fourth-order valence-electron chi connectivity index (χ4n) is 3.37. The summed E-state index contributed by atoms with van der Waals surface area (Å²) in [5.74, 6) is 0.196. The lowest BCUT2D eigenvalue weighted by atomic mass is 9.96. The Morgan fingerprint density at radius 2 is 2.04 bits per heavy atom. The number of pyridine rings is 1. The van der Waals surface area contributed by atoms with Crippen LogP contribution in [0.15, 0.2) is 42.9 Å². The fourth-order valence-corrected chi connectivity index (χ4v) is 3.37. The molecule has 0 spiro atoms. The highest BCUT2D eigenvalue weighted by Crippen LogP contribution is 2.31. The summed E-state index contributed by atoms with van der Waals surface area (Å²) in [6.45, 7) is 2.21. The van der Waals surface area contributed by atoms with Gasteiger partial charge in [0.2, 0.25) is 5.91 Å². The average Bonchev–Trinajstić information content (AvgIpc) is 3.15. The van der Waals surface area contributed by atoms with Gasteiger partial charge in [-0.1, -0.05) is 6.07 Å².